The van der Waals surface area contributed by atoms with Crippen LogP contribution in [0.1, 0.15) is 19.4 Å². The molecular weight excluding hydrogens is 313 g/mol. The Morgan fingerprint density at radius 1 is 1.10 bits per heavy atom. The fourth-order valence-electron chi connectivity index (χ4n) is 1.68. The van der Waals surface area contributed by atoms with Crippen LogP contribution in [0.3, 0.4) is 0 Å². The normalized spacial score (nSPS) is 12.5. The van der Waals surface area contributed by atoms with E-state index in [0.717, 1.165) is 5.56 Å². The van der Waals surface area contributed by atoms with Gasteiger partial charge >= 0.3 is 7.60 Å². The van der Waals surface area contributed by atoms with Gasteiger partial charge < -0.3 is 9.05 Å². The van der Waals surface area contributed by atoms with Gasteiger partial charge in [0.05, 0.1) is 24.3 Å². The second-order valence-corrected chi connectivity index (χ2v) is 8.33. The number of benzene rings is 1. The summed E-state index contributed by atoms with van der Waals surface area (Å²) in [5.41, 5.74) is 0.978. The van der Waals surface area contributed by atoms with Gasteiger partial charge in [-0.3, -0.25) is 4.57 Å². The van der Waals surface area contributed by atoms with Crippen molar-refractivity contribution >= 4 is 17.6 Å². The summed E-state index contributed by atoms with van der Waals surface area (Å²) < 4.78 is 48.9. The molecule has 0 aromatic heterocycles. The predicted octanol–water partition coefficient (Wildman–Crippen LogP) is 2.54. The summed E-state index contributed by atoms with van der Waals surface area (Å²) in [4.78, 5) is 0.177. The van der Waals surface area contributed by atoms with Crippen molar-refractivity contribution in [1.82, 2.24) is 4.72 Å². The van der Waals surface area contributed by atoms with E-state index < -0.39 is 17.6 Å². The van der Waals surface area contributed by atoms with Crippen LogP contribution in [0.5, 0.6) is 0 Å². The summed E-state index contributed by atoms with van der Waals surface area (Å²) >= 11 is 0. The lowest BCUT2D eigenvalue weighted by atomic mass is 10.2. The molecule has 0 radical (unpaired) electrons. The summed E-state index contributed by atoms with van der Waals surface area (Å²) in [6.45, 7) is 5.80. The van der Waals surface area contributed by atoms with Gasteiger partial charge in [-0.2, -0.15) is 0 Å². The average molecular weight is 335 g/mol. The molecule has 0 aliphatic rings. The minimum atomic E-state index is -3.61. The number of nitrogens with one attached hydrogen (secondary N) is 1. The Labute approximate surface area is 126 Å². The molecule has 0 amide bonds. The van der Waals surface area contributed by atoms with E-state index in [0.29, 0.717) is 0 Å². The van der Waals surface area contributed by atoms with Crippen LogP contribution in [0.25, 0.3) is 0 Å². The van der Waals surface area contributed by atoms with E-state index in [-0.39, 0.29) is 30.8 Å². The van der Waals surface area contributed by atoms with Gasteiger partial charge in [0.2, 0.25) is 10.0 Å². The van der Waals surface area contributed by atoms with Crippen LogP contribution in [0.15, 0.2) is 29.2 Å². The number of aryl methyl sites for hydroxylation is 1. The van der Waals surface area contributed by atoms with Crippen LogP contribution in [0.4, 0.5) is 0 Å². The van der Waals surface area contributed by atoms with Crippen molar-refractivity contribution in [3.8, 4) is 0 Å². The summed E-state index contributed by atoms with van der Waals surface area (Å²) in [6, 6.07) is 6.50. The highest BCUT2D eigenvalue weighted by molar-refractivity contribution is 7.89. The van der Waals surface area contributed by atoms with Gasteiger partial charge in [-0.15, -0.1) is 0 Å². The molecule has 0 spiro atoms. The Balaban J connectivity index is 2.65. The molecule has 6 nitrogen and oxygen atoms in total. The van der Waals surface area contributed by atoms with Crippen molar-refractivity contribution in [2.45, 2.75) is 25.7 Å². The monoisotopic (exact) mass is 335 g/mol. The first-order valence-electron chi connectivity index (χ1n) is 6.77. The zero-order valence-electron chi connectivity index (χ0n) is 12.5. The molecule has 1 rings (SSSR count). The van der Waals surface area contributed by atoms with Gasteiger partial charge in [0.15, 0.2) is 0 Å². The van der Waals surface area contributed by atoms with Crippen molar-refractivity contribution < 1.29 is 22.0 Å². The molecule has 120 valence electrons. The Bertz CT molecular complexity index is 575. The van der Waals surface area contributed by atoms with Gasteiger partial charge in [0, 0.05) is 6.54 Å². The topological polar surface area (TPSA) is 81.7 Å². The zero-order chi connectivity index (χ0) is 15.9. The van der Waals surface area contributed by atoms with Gasteiger partial charge in [-0.1, -0.05) is 17.7 Å². The first-order chi connectivity index (χ1) is 9.83. The Morgan fingerprint density at radius 2 is 1.62 bits per heavy atom. The molecule has 0 aliphatic carbocycles. The van der Waals surface area contributed by atoms with E-state index in [4.69, 9.17) is 9.05 Å². The summed E-state index contributed by atoms with van der Waals surface area (Å²) in [5.74, 6) is 0. The van der Waals surface area contributed by atoms with Gasteiger partial charge in [0.25, 0.3) is 0 Å². The first-order valence-corrected chi connectivity index (χ1v) is 9.98. The minimum absolute atomic E-state index is 0.000227. The van der Waals surface area contributed by atoms with Crippen molar-refractivity contribution in [3.63, 3.8) is 0 Å². The average Bonchev–Trinajstić information content (AvgIpc) is 2.39. The molecule has 1 N–H and O–H groups in total. The van der Waals surface area contributed by atoms with Crippen LogP contribution in [-0.4, -0.2) is 34.3 Å². The predicted molar refractivity (Wildman–Crippen MR) is 82.1 cm³/mol. The third-order valence-electron chi connectivity index (χ3n) is 2.66. The summed E-state index contributed by atoms with van der Waals surface area (Å²) in [7, 11) is -6.84. The minimum Gasteiger partial charge on any atom is -0.309 e. The molecule has 0 bridgehead atoms. The third-order valence-corrected chi connectivity index (χ3v) is 6.21. The number of hydrogen-bond acceptors (Lipinski definition) is 5. The molecule has 0 heterocycles. The Morgan fingerprint density at radius 3 is 2.10 bits per heavy atom. The smallest absolute Gasteiger partial charge is 0.309 e. The third kappa shape index (κ3) is 5.88. The van der Waals surface area contributed by atoms with Crippen LogP contribution >= 0.6 is 7.60 Å². The second-order valence-electron chi connectivity index (χ2n) is 4.38. The molecule has 1 aromatic carbocycles. The standard InChI is InChI=1S/C13H22NO5PS/c1-4-18-20(15,19-5-2)11-10-14-21(16,17)13-8-6-12(3)7-9-13/h6-9,14H,4-5,10-11H2,1-3H3. The molecule has 0 saturated carbocycles. The number of hydrogen-bond donors (Lipinski definition) is 1. The van der Waals surface area contributed by atoms with Crippen LogP contribution in [-0.2, 0) is 23.6 Å². The molecule has 0 aliphatic heterocycles. The van der Waals surface area contributed by atoms with E-state index in [9.17, 15) is 13.0 Å². The summed E-state index contributed by atoms with van der Waals surface area (Å²) in [5, 5.41) is 0. The van der Waals surface area contributed by atoms with E-state index in [1.54, 1.807) is 26.0 Å². The molecule has 21 heavy (non-hydrogen) atoms. The van der Waals surface area contributed by atoms with E-state index in [2.05, 4.69) is 4.72 Å². The molecule has 0 saturated heterocycles. The lowest BCUT2D eigenvalue weighted by molar-refractivity contribution is 0.220. The van der Waals surface area contributed by atoms with Crippen molar-refractivity contribution in [1.29, 1.82) is 0 Å². The fraction of sp³-hybridized carbons (Fsp3) is 0.538. The largest absolute Gasteiger partial charge is 0.331 e. The van der Waals surface area contributed by atoms with Crippen molar-refractivity contribution in [2.75, 3.05) is 25.9 Å². The zero-order valence-corrected chi connectivity index (χ0v) is 14.2. The Kier molecular flexibility index (Phi) is 7.03. The van der Waals surface area contributed by atoms with Crippen molar-refractivity contribution in [2.24, 2.45) is 0 Å². The quantitative estimate of drug-likeness (QED) is 0.701. The van der Waals surface area contributed by atoms with Crippen molar-refractivity contribution in [3.05, 3.63) is 29.8 Å². The van der Waals surface area contributed by atoms with E-state index in [1.807, 2.05) is 6.92 Å². The van der Waals surface area contributed by atoms with E-state index >= 15 is 0 Å². The molecule has 0 unspecified atom stereocenters. The number of rotatable bonds is 9. The van der Waals surface area contributed by atoms with Gasteiger partial charge in [-0.25, -0.2) is 13.1 Å². The lowest BCUT2D eigenvalue weighted by Crippen LogP contribution is -2.27. The van der Waals surface area contributed by atoms with E-state index in [1.165, 1.54) is 12.1 Å². The maximum Gasteiger partial charge on any atom is 0.331 e. The first kappa shape index (κ1) is 18.3. The molecule has 8 heteroatoms. The second kappa shape index (κ2) is 8.06. The maximum absolute atomic E-state index is 12.2. The van der Waals surface area contributed by atoms with Gasteiger partial charge in [-0.05, 0) is 32.9 Å². The lowest BCUT2D eigenvalue weighted by Gasteiger charge is -2.17. The summed E-state index contributed by atoms with van der Waals surface area (Å²) in [6.07, 6.45) is -0.000227. The Hall–Kier alpha value is -0.720. The molecule has 0 atom stereocenters. The SMILES string of the molecule is CCOP(=O)(CCNS(=O)(=O)c1ccc(C)cc1)OCC. The highest BCUT2D eigenvalue weighted by Gasteiger charge is 2.24. The maximum atomic E-state index is 12.2. The highest BCUT2D eigenvalue weighted by atomic mass is 32.2. The highest BCUT2D eigenvalue weighted by Crippen LogP contribution is 2.47. The van der Waals surface area contributed by atoms with Crippen LogP contribution in [0.2, 0.25) is 0 Å². The fourth-order valence-corrected chi connectivity index (χ4v) is 4.37. The molecular formula is C13H22NO5PS. The number of sulfonamides is 1. The van der Waals surface area contributed by atoms with Crippen LogP contribution in [0, 0.1) is 6.92 Å². The molecule has 1 aromatic rings. The van der Waals surface area contributed by atoms with Gasteiger partial charge in [0.1, 0.15) is 0 Å². The van der Waals surface area contributed by atoms with Crippen LogP contribution < -0.4 is 4.72 Å². The molecule has 0 fully saturated rings.